The molecule has 0 unspecified atom stereocenters. The van der Waals surface area contributed by atoms with E-state index in [1.807, 2.05) is 51.1 Å². The number of benzene rings is 4. The Labute approximate surface area is 282 Å². The molecule has 0 radical (unpaired) electrons. The van der Waals surface area contributed by atoms with Crippen molar-refractivity contribution in [3.63, 3.8) is 0 Å². The Bertz CT molecular complexity index is 1750. The van der Waals surface area contributed by atoms with Crippen LogP contribution in [0.4, 0.5) is 5.69 Å². The molecular weight excluding hydrogens is 641 g/mol. The van der Waals surface area contributed by atoms with Crippen LogP contribution in [0.3, 0.4) is 0 Å². The van der Waals surface area contributed by atoms with Crippen molar-refractivity contribution in [2.45, 2.75) is 64.1 Å². The maximum atomic E-state index is 14.6. The van der Waals surface area contributed by atoms with Gasteiger partial charge in [-0.05, 0) is 68.7 Å². The first-order chi connectivity index (χ1) is 21.9. The lowest BCUT2D eigenvalue weighted by atomic mass is 10.0. The summed E-state index contributed by atoms with van der Waals surface area (Å²) in [5.74, 6) is -0.950. The van der Waals surface area contributed by atoms with Gasteiger partial charge < -0.3 is 10.2 Å². The first-order valence-electron chi connectivity index (χ1n) is 15.1. The SMILES string of the molecule is CC[C@H](C)NC(=O)[C@H](Cc1ccccc1)N(Cc1c(Cl)cccc1Cl)C(=O)CN(c1ccccc1C)S(=O)(=O)c1ccc(C)cc1. The van der Waals surface area contributed by atoms with E-state index in [0.717, 1.165) is 15.4 Å². The minimum absolute atomic E-state index is 0.0465. The Hall–Kier alpha value is -3.85. The topological polar surface area (TPSA) is 86.8 Å². The number of nitrogens with zero attached hydrogens (tertiary/aromatic N) is 2. The number of carbonyl (C=O) groups is 2. The second kappa shape index (κ2) is 15.6. The van der Waals surface area contributed by atoms with Crippen LogP contribution in [0.2, 0.25) is 10.0 Å². The molecule has 0 bridgehead atoms. The molecule has 2 amide bonds. The number of sulfonamides is 1. The molecule has 4 rings (SSSR count). The number of para-hydroxylation sites is 1. The number of hydrogen-bond donors (Lipinski definition) is 1. The number of amides is 2. The van der Waals surface area contributed by atoms with E-state index in [-0.39, 0.29) is 29.8 Å². The maximum Gasteiger partial charge on any atom is 0.264 e. The van der Waals surface area contributed by atoms with Crippen LogP contribution in [0, 0.1) is 13.8 Å². The molecule has 0 fully saturated rings. The van der Waals surface area contributed by atoms with Crippen molar-refractivity contribution in [2.24, 2.45) is 0 Å². The van der Waals surface area contributed by atoms with Crippen LogP contribution < -0.4 is 9.62 Å². The summed E-state index contributed by atoms with van der Waals surface area (Å²) in [6, 6.07) is 26.7. The second-order valence-electron chi connectivity index (χ2n) is 11.4. The van der Waals surface area contributed by atoms with Crippen molar-refractivity contribution in [1.82, 2.24) is 10.2 Å². The van der Waals surface area contributed by atoms with Gasteiger partial charge in [0.2, 0.25) is 11.8 Å². The summed E-state index contributed by atoms with van der Waals surface area (Å²) in [7, 11) is -4.21. The van der Waals surface area contributed by atoms with Crippen LogP contribution >= 0.6 is 23.2 Å². The standard InChI is InChI=1S/C36H39Cl2N3O4S/c1-5-27(4)39-36(43)34(22-28-13-7-6-8-14-28)40(23-30-31(37)15-11-16-32(30)38)35(42)24-41(33-17-10-9-12-26(33)3)46(44,45)29-20-18-25(2)19-21-29/h6-21,27,34H,5,22-24H2,1-4H3,(H,39,43)/t27-,34-/m0/s1. The fourth-order valence-corrected chi connectivity index (χ4v) is 7.04. The number of anilines is 1. The molecule has 0 spiro atoms. The van der Waals surface area contributed by atoms with Gasteiger partial charge in [-0.25, -0.2) is 8.42 Å². The third-order valence-corrected chi connectivity index (χ3v) is 10.4. The number of rotatable bonds is 13. The summed E-state index contributed by atoms with van der Waals surface area (Å²) >= 11 is 13.2. The molecule has 0 saturated carbocycles. The highest BCUT2D eigenvalue weighted by molar-refractivity contribution is 7.92. The van der Waals surface area contributed by atoms with Crippen molar-refractivity contribution >= 4 is 50.7 Å². The highest BCUT2D eigenvalue weighted by Gasteiger charge is 2.36. The summed E-state index contributed by atoms with van der Waals surface area (Å²) in [5, 5.41) is 3.68. The highest BCUT2D eigenvalue weighted by atomic mass is 35.5. The van der Waals surface area contributed by atoms with E-state index in [1.165, 1.54) is 17.0 Å². The fraction of sp³-hybridized carbons (Fsp3) is 0.278. The normalized spacial score (nSPS) is 12.7. The van der Waals surface area contributed by atoms with Crippen LogP contribution in [0.1, 0.15) is 42.5 Å². The van der Waals surface area contributed by atoms with Gasteiger partial charge in [0.25, 0.3) is 10.0 Å². The summed E-state index contributed by atoms with van der Waals surface area (Å²) in [5.41, 5.74) is 3.21. The lowest BCUT2D eigenvalue weighted by Crippen LogP contribution is -2.54. The lowest BCUT2D eigenvalue weighted by Gasteiger charge is -2.35. The number of halogens is 2. The van der Waals surface area contributed by atoms with Gasteiger partial charge in [-0.15, -0.1) is 0 Å². The van der Waals surface area contributed by atoms with E-state index >= 15 is 0 Å². The molecule has 0 aliphatic carbocycles. The molecule has 0 aliphatic rings. The van der Waals surface area contributed by atoms with E-state index in [4.69, 9.17) is 23.2 Å². The van der Waals surface area contributed by atoms with E-state index in [9.17, 15) is 18.0 Å². The molecule has 2 atom stereocenters. The van der Waals surface area contributed by atoms with Gasteiger partial charge in [-0.2, -0.15) is 0 Å². The summed E-state index contributed by atoms with van der Waals surface area (Å²) in [6.07, 6.45) is 0.871. The van der Waals surface area contributed by atoms with Crippen molar-refractivity contribution in [3.8, 4) is 0 Å². The Morgan fingerprint density at radius 1 is 0.826 bits per heavy atom. The second-order valence-corrected chi connectivity index (χ2v) is 14.0. The molecule has 7 nitrogen and oxygen atoms in total. The quantitative estimate of drug-likeness (QED) is 0.160. The Morgan fingerprint density at radius 3 is 2.04 bits per heavy atom. The maximum absolute atomic E-state index is 14.6. The number of hydrogen-bond acceptors (Lipinski definition) is 4. The highest BCUT2D eigenvalue weighted by Crippen LogP contribution is 2.30. The molecule has 1 N–H and O–H groups in total. The van der Waals surface area contributed by atoms with E-state index in [0.29, 0.717) is 33.3 Å². The molecule has 0 heterocycles. The smallest absolute Gasteiger partial charge is 0.264 e. The van der Waals surface area contributed by atoms with Crippen molar-refractivity contribution in [2.75, 3.05) is 10.8 Å². The average molecular weight is 681 g/mol. The first-order valence-corrected chi connectivity index (χ1v) is 17.3. The van der Waals surface area contributed by atoms with Crippen molar-refractivity contribution < 1.29 is 18.0 Å². The molecule has 4 aromatic rings. The average Bonchev–Trinajstić information content (AvgIpc) is 3.03. The van der Waals surface area contributed by atoms with Crippen LogP contribution in [-0.4, -0.2) is 43.8 Å². The zero-order chi connectivity index (χ0) is 33.4. The van der Waals surface area contributed by atoms with Gasteiger partial charge in [0, 0.05) is 34.6 Å². The van der Waals surface area contributed by atoms with Crippen LogP contribution in [0.5, 0.6) is 0 Å². The van der Waals surface area contributed by atoms with Crippen molar-refractivity contribution in [1.29, 1.82) is 0 Å². The van der Waals surface area contributed by atoms with Gasteiger partial charge in [-0.1, -0.05) is 102 Å². The summed E-state index contributed by atoms with van der Waals surface area (Å²) in [4.78, 5) is 30.1. The van der Waals surface area contributed by atoms with E-state index in [1.54, 1.807) is 61.5 Å². The predicted octanol–water partition coefficient (Wildman–Crippen LogP) is 7.36. The number of aryl methyl sites for hydroxylation is 2. The molecule has 10 heteroatoms. The number of nitrogens with one attached hydrogen (secondary N) is 1. The molecular formula is C36H39Cl2N3O4S. The Kier molecular flexibility index (Phi) is 11.9. The minimum atomic E-state index is -4.21. The van der Waals surface area contributed by atoms with E-state index in [2.05, 4.69) is 5.32 Å². The van der Waals surface area contributed by atoms with Crippen LogP contribution in [0.25, 0.3) is 0 Å². The molecule has 46 heavy (non-hydrogen) atoms. The molecule has 4 aromatic carbocycles. The van der Waals surface area contributed by atoms with Gasteiger partial charge in [0.05, 0.1) is 10.6 Å². The van der Waals surface area contributed by atoms with Crippen LogP contribution in [-0.2, 0) is 32.6 Å². The monoisotopic (exact) mass is 679 g/mol. The van der Waals surface area contributed by atoms with E-state index < -0.39 is 28.5 Å². The Morgan fingerprint density at radius 2 is 1.43 bits per heavy atom. The van der Waals surface area contributed by atoms with Crippen molar-refractivity contribution in [3.05, 3.63) is 129 Å². The Balaban J connectivity index is 1.85. The first kappa shape index (κ1) is 35.0. The molecule has 0 aromatic heterocycles. The molecule has 242 valence electrons. The largest absolute Gasteiger partial charge is 0.352 e. The fourth-order valence-electron chi connectivity index (χ4n) is 5.04. The summed E-state index contributed by atoms with van der Waals surface area (Å²) in [6.45, 7) is 6.83. The predicted molar refractivity (Wildman–Crippen MR) is 186 cm³/mol. The third-order valence-electron chi connectivity index (χ3n) is 7.93. The lowest BCUT2D eigenvalue weighted by molar-refractivity contribution is -0.140. The minimum Gasteiger partial charge on any atom is -0.352 e. The number of carbonyl (C=O) groups excluding carboxylic acids is 2. The summed E-state index contributed by atoms with van der Waals surface area (Å²) < 4.78 is 29.6. The zero-order valence-corrected chi connectivity index (χ0v) is 28.7. The van der Waals surface area contributed by atoms with Crippen LogP contribution in [0.15, 0.2) is 102 Å². The van der Waals surface area contributed by atoms with Gasteiger partial charge >= 0.3 is 0 Å². The third kappa shape index (κ3) is 8.49. The van der Waals surface area contributed by atoms with Gasteiger partial charge in [0.1, 0.15) is 12.6 Å². The van der Waals surface area contributed by atoms with Gasteiger partial charge in [0.15, 0.2) is 0 Å². The zero-order valence-electron chi connectivity index (χ0n) is 26.4. The molecule has 0 saturated heterocycles. The van der Waals surface area contributed by atoms with Gasteiger partial charge in [-0.3, -0.25) is 13.9 Å². The molecule has 0 aliphatic heterocycles.